The van der Waals surface area contributed by atoms with Crippen LogP contribution in [0.4, 0.5) is 5.69 Å². The van der Waals surface area contributed by atoms with Gasteiger partial charge in [0.1, 0.15) is 11.5 Å². The number of hydrogen-bond donors (Lipinski definition) is 2. The van der Waals surface area contributed by atoms with Gasteiger partial charge in [0.2, 0.25) is 0 Å². The first-order valence-corrected chi connectivity index (χ1v) is 8.01. The van der Waals surface area contributed by atoms with Gasteiger partial charge in [-0.3, -0.25) is 14.9 Å². The van der Waals surface area contributed by atoms with Crippen LogP contribution in [0.1, 0.15) is 16.3 Å². The van der Waals surface area contributed by atoms with Gasteiger partial charge in [-0.2, -0.15) is 16.9 Å². The molecule has 22 heavy (non-hydrogen) atoms. The van der Waals surface area contributed by atoms with Crippen molar-refractivity contribution in [3.05, 3.63) is 54.2 Å². The van der Waals surface area contributed by atoms with Gasteiger partial charge in [-0.15, -0.1) is 0 Å². The number of furan rings is 1. The Bertz CT molecular complexity index is 767. The molecule has 3 heterocycles. The van der Waals surface area contributed by atoms with Crippen molar-refractivity contribution < 1.29 is 9.21 Å². The van der Waals surface area contributed by atoms with E-state index in [1.807, 2.05) is 24.5 Å². The summed E-state index contributed by atoms with van der Waals surface area (Å²) in [6, 6.07) is 9.01. The first-order chi connectivity index (χ1) is 10.8. The third-order valence-corrected chi connectivity index (χ3v) is 3.55. The van der Waals surface area contributed by atoms with E-state index in [0.717, 1.165) is 11.5 Å². The highest BCUT2D eigenvalue weighted by Crippen LogP contribution is 2.24. The number of nitrogens with one attached hydrogen (secondary N) is 2. The van der Waals surface area contributed by atoms with Crippen LogP contribution < -0.4 is 5.32 Å². The van der Waals surface area contributed by atoms with Gasteiger partial charge in [-0.1, -0.05) is 6.07 Å². The second-order valence-electron chi connectivity index (χ2n) is 4.53. The zero-order valence-corrected chi connectivity index (χ0v) is 12.7. The first-order valence-electron chi connectivity index (χ1n) is 6.61. The second kappa shape index (κ2) is 6.48. The number of carbonyl (C=O) groups is 1. The molecular formula is C15H14N4O2S. The van der Waals surface area contributed by atoms with Crippen LogP contribution in [0, 0.1) is 0 Å². The number of hydrogen-bond acceptors (Lipinski definition) is 5. The Morgan fingerprint density at radius 3 is 3.05 bits per heavy atom. The smallest absolute Gasteiger partial charge is 0.291 e. The van der Waals surface area contributed by atoms with E-state index in [2.05, 4.69) is 20.5 Å². The number of thioether (sulfide) groups is 1. The Morgan fingerprint density at radius 2 is 2.27 bits per heavy atom. The van der Waals surface area contributed by atoms with Crippen LogP contribution in [0.2, 0.25) is 0 Å². The maximum absolute atomic E-state index is 12.2. The van der Waals surface area contributed by atoms with Crippen LogP contribution in [-0.4, -0.2) is 27.3 Å². The van der Waals surface area contributed by atoms with Crippen molar-refractivity contribution in [2.45, 2.75) is 5.75 Å². The van der Waals surface area contributed by atoms with Gasteiger partial charge in [-0.25, -0.2) is 0 Å². The van der Waals surface area contributed by atoms with Crippen molar-refractivity contribution in [1.29, 1.82) is 0 Å². The normalized spacial score (nSPS) is 10.6. The highest BCUT2D eigenvalue weighted by molar-refractivity contribution is 7.97. The molecule has 0 bridgehead atoms. The van der Waals surface area contributed by atoms with Gasteiger partial charge in [-0.05, 0) is 30.5 Å². The highest BCUT2D eigenvalue weighted by atomic mass is 32.2. The summed E-state index contributed by atoms with van der Waals surface area (Å²) in [5.74, 6) is 1.47. The van der Waals surface area contributed by atoms with Gasteiger partial charge in [0.25, 0.3) is 5.91 Å². The van der Waals surface area contributed by atoms with Crippen molar-refractivity contribution in [3.63, 3.8) is 0 Å². The van der Waals surface area contributed by atoms with Gasteiger partial charge in [0.05, 0.1) is 23.3 Å². The fourth-order valence-corrected chi connectivity index (χ4v) is 2.43. The topological polar surface area (TPSA) is 83.8 Å². The molecule has 0 radical (unpaired) electrons. The SMILES string of the molecule is CSCc1ccc(C(=O)Nc2cn[nH]c2-c2ccccn2)o1. The van der Waals surface area contributed by atoms with Gasteiger partial charge >= 0.3 is 0 Å². The van der Waals surface area contributed by atoms with E-state index in [1.54, 1.807) is 36.3 Å². The second-order valence-corrected chi connectivity index (χ2v) is 5.39. The summed E-state index contributed by atoms with van der Waals surface area (Å²) in [6.07, 6.45) is 5.21. The van der Waals surface area contributed by atoms with E-state index in [4.69, 9.17) is 4.42 Å². The van der Waals surface area contributed by atoms with E-state index in [0.29, 0.717) is 17.1 Å². The van der Waals surface area contributed by atoms with Crippen molar-refractivity contribution in [2.75, 3.05) is 11.6 Å². The molecule has 0 saturated carbocycles. The molecule has 0 unspecified atom stereocenters. The minimum absolute atomic E-state index is 0.275. The Hall–Kier alpha value is -2.54. The van der Waals surface area contributed by atoms with Crippen molar-refractivity contribution in [1.82, 2.24) is 15.2 Å². The summed E-state index contributed by atoms with van der Waals surface area (Å²) in [7, 11) is 0. The number of nitrogens with zero attached hydrogens (tertiary/aromatic N) is 2. The summed E-state index contributed by atoms with van der Waals surface area (Å²) < 4.78 is 5.50. The third-order valence-electron chi connectivity index (χ3n) is 2.98. The summed E-state index contributed by atoms with van der Waals surface area (Å²) in [5, 5.41) is 9.60. The molecule has 3 rings (SSSR count). The fourth-order valence-electron chi connectivity index (χ4n) is 1.99. The van der Waals surface area contributed by atoms with Crippen LogP contribution in [0.5, 0.6) is 0 Å². The Labute approximate surface area is 131 Å². The quantitative estimate of drug-likeness (QED) is 0.755. The molecule has 0 aliphatic carbocycles. The van der Waals surface area contributed by atoms with Crippen LogP contribution in [0.15, 0.2) is 47.1 Å². The Morgan fingerprint density at radius 1 is 1.36 bits per heavy atom. The largest absolute Gasteiger partial charge is 0.455 e. The molecule has 2 N–H and O–H groups in total. The van der Waals surface area contributed by atoms with Crippen LogP contribution in [0.25, 0.3) is 11.4 Å². The fraction of sp³-hybridized carbons (Fsp3) is 0.133. The zero-order valence-electron chi connectivity index (χ0n) is 11.9. The zero-order chi connectivity index (χ0) is 15.4. The number of amides is 1. The maximum atomic E-state index is 12.2. The van der Waals surface area contributed by atoms with Crippen molar-refractivity contribution >= 4 is 23.4 Å². The molecule has 112 valence electrons. The van der Waals surface area contributed by atoms with E-state index >= 15 is 0 Å². The molecule has 0 fully saturated rings. The number of pyridine rings is 1. The number of aromatic amines is 1. The minimum atomic E-state index is -0.314. The van der Waals surface area contributed by atoms with E-state index < -0.39 is 0 Å². The number of rotatable bonds is 5. The molecule has 0 aliphatic rings. The van der Waals surface area contributed by atoms with Gasteiger partial charge in [0.15, 0.2) is 5.76 Å². The molecule has 6 nitrogen and oxygen atoms in total. The Kier molecular flexibility index (Phi) is 4.24. The van der Waals surface area contributed by atoms with Crippen molar-refractivity contribution in [2.24, 2.45) is 0 Å². The lowest BCUT2D eigenvalue weighted by atomic mass is 10.2. The van der Waals surface area contributed by atoms with E-state index in [-0.39, 0.29) is 11.7 Å². The van der Waals surface area contributed by atoms with Gasteiger partial charge in [0, 0.05) is 6.20 Å². The average Bonchev–Trinajstić information content (AvgIpc) is 3.18. The number of aromatic nitrogens is 3. The summed E-state index contributed by atoms with van der Waals surface area (Å²) >= 11 is 1.64. The lowest BCUT2D eigenvalue weighted by Crippen LogP contribution is -2.11. The van der Waals surface area contributed by atoms with Crippen LogP contribution >= 0.6 is 11.8 Å². The number of anilines is 1. The summed E-state index contributed by atoms with van der Waals surface area (Å²) in [5.41, 5.74) is 1.93. The molecule has 3 aromatic heterocycles. The summed E-state index contributed by atoms with van der Waals surface area (Å²) in [6.45, 7) is 0. The minimum Gasteiger partial charge on any atom is -0.455 e. The molecule has 7 heteroatoms. The lowest BCUT2D eigenvalue weighted by Gasteiger charge is -2.03. The number of H-pyrrole nitrogens is 1. The highest BCUT2D eigenvalue weighted by Gasteiger charge is 2.15. The molecule has 0 spiro atoms. The standard InChI is InChI=1S/C15H14N4O2S/c1-22-9-10-5-6-13(21-10)15(20)18-12-8-17-19-14(12)11-4-2-3-7-16-11/h2-8H,9H2,1H3,(H,17,19)(H,18,20). The predicted molar refractivity (Wildman–Crippen MR) is 85.7 cm³/mol. The molecule has 0 atom stereocenters. The van der Waals surface area contributed by atoms with Crippen LogP contribution in [-0.2, 0) is 5.75 Å². The van der Waals surface area contributed by atoms with Crippen LogP contribution in [0.3, 0.4) is 0 Å². The molecule has 0 aliphatic heterocycles. The molecule has 0 saturated heterocycles. The van der Waals surface area contributed by atoms with Crippen molar-refractivity contribution in [3.8, 4) is 11.4 Å². The van der Waals surface area contributed by atoms with E-state index in [1.165, 1.54) is 0 Å². The molecule has 0 aromatic carbocycles. The molecule has 1 amide bonds. The molecular weight excluding hydrogens is 300 g/mol. The monoisotopic (exact) mass is 314 g/mol. The molecule has 3 aromatic rings. The lowest BCUT2D eigenvalue weighted by molar-refractivity contribution is 0.0995. The Balaban J connectivity index is 1.79. The summed E-state index contributed by atoms with van der Waals surface area (Å²) in [4.78, 5) is 16.5. The average molecular weight is 314 g/mol. The number of carbonyl (C=O) groups excluding carboxylic acids is 1. The third kappa shape index (κ3) is 3.04. The predicted octanol–water partition coefficient (Wildman–Crippen LogP) is 3.18. The van der Waals surface area contributed by atoms with Gasteiger partial charge < -0.3 is 9.73 Å². The first kappa shape index (κ1) is 14.4. The van der Waals surface area contributed by atoms with E-state index in [9.17, 15) is 4.79 Å². The maximum Gasteiger partial charge on any atom is 0.291 e.